The summed E-state index contributed by atoms with van der Waals surface area (Å²) in [6.45, 7) is 0.245. The van der Waals surface area contributed by atoms with E-state index in [0.29, 0.717) is 17.0 Å². The zero-order valence-corrected chi connectivity index (χ0v) is 12.7. The largest absolute Gasteiger partial charge is 0.465 e. The van der Waals surface area contributed by atoms with Gasteiger partial charge in [0.2, 0.25) is 5.91 Å². The van der Waals surface area contributed by atoms with Crippen molar-refractivity contribution in [2.75, 3.05) is 5.32 Å². The van der Waals surface area contributed by atoms with E-state index in [2.05, 4.69) is 10.6 Å². The highest BCUT2D eigenvalue weighted by Gasteiger charge is 2.20. The molecule has 1 aliphatic rings. The summed E-state index contributed by atoms with van der Waals surface area (Å²) in [5.74, 6) is -0.133. The minimum atomic E-state index is -0.376. The Balaban J connectivity index is 1.57. The molecular weight excluding hydrogens is 316 g/mol. The van der Waals surface area contributed by atoms with E-state index in [-0.39, 0.29) is 23.6 Å². The first kappa shape index (κ1) is 15.0. The van der Waals surface area contributed by atoms with Gasteiger partial charge >= 0.3 is 5.97 Å². The zero-order chi connectivity index (χ0) is 16.2. The van der Waals surface area contributed by atoms with E-state index in [9.17, 15) is 9.59 Å². The summed E-state index contributed by atoms with van der Waals surface area (Å²) in [7, 11) is 0. The standard InChI is InChI=1S/C16H12N2O4S/c19-14(6-4-12-2-1-7-21-12)18-16(23)17-11-3-5-13-10(8-11)9-22-15(13)20/h1-8H,9H2,(H2,17,18,19,23). The van der Waals surface area contributed by atoms with Crippen LogP contribution in [0.5, 0.6) is 0 Å². The van der Waals surface area contributed by atoms with Crippen LogP contribution >= 0.6 is 12.2 Å². The molecule has 1 aromatic carbocycles. The molecule has 1 amide bonds. The number of cyclic esters (lactones) is 1. The summed E-state index contributed by atoms with van der Waals surface area (Å²) in [5.41, 5.74) is 2.00. The Bertz CT molecular complexity index is 796. The molecule has 0 spiro atoms. The van der Waals surface area contributed by atoms with E-state index in [0.717, 1.165) is 5.56 Å². The highest BCUT2D eigenvalue weighted by Crippen LogP contribution is 2.23. The summed E-state index contributed by atoms with van der Waals surface area (Å²) in [6.07, 6.45) is 4.38. The molecule has 2 N–H and O–H groups in total. The molecule has 0 saturated carbocycles. The fraction of sp³-hybridized carbons (Fsp3) is 0.0625. The Morgan fingerprint density at radius 2 is 2.17 bits per heavy atom. The summed E-state index contributed by atoms with van der Waals surface area (Å²) in [6, 6.07) is 8.58. The van der Waals surface area contributed by atoms with Crippen LogP contribution in [0.1, 0.15) is 21.7 Å². The Labute approximate surface area is 137 Å². The Kier molecular flexibility index (Phi) is 4.20. The second kappa shape index (κ2) is 6.45. The first-order valence-electron chi connectivity index (χ1n) is 6.75. The van der Waals surface area contributed by atoms with Crippen molar-refractivity contribution in [2.24, 2.45) is 0 Å². The van der Waals surface area contributed by atoms with E-state index in [1.165, 1.54) is 18.4 Å². The van der Waals surface area contributed by atoms with Gasteiger partial charge in [-0.15, -0.1) is 0 Å². The third-order valence-corrected chi connectivity index (χ3v) is 3.32. The molecule has 0 radical (unpaired) electrons. The highest BCUT2D eigenvalue weighted by atomic mass is 32.1. The molecule has 0 bridgehead atoms. The molecular formula is C16H12N2O4S. The van der Waals surface area contributed by atoms with Crippen molar-refractivity contribution >= 4 is 41.0 Å². The number of carbonyl (C=O) groups is 2. The topological polar surface area (TPSA) is 80.6 Å². The van der Waals surface area contributed by atoms with Crippen molar-refractivity contribution in [1.82, 2.24) is 5.32 Å². The summed E-state index contributed by atoms with van der Waals surface area (Å²) < 4.78 is 10.0. The molecule has 1 aromatic heterocycles. The molecule has 2 aromatic rings. The van der Waals surface area contributed by atoms with Crippen molar-refractivity contribution < 1.29 is 18.7 Å². The molecule has 0 aliphatic carbocycles. The number of hydrogen-bond donors (Lipinski definition) is 2. The molecule has 6 nitrogen and oxygen atoms in total. The van der Waals surface area contributed by atoms with Gasteiger partial charge in [0.05, 0.1) is 11.8 Å². The van der Waals surface area contributed by atoms with Crippen molar-refractivity contribution in [3.8, 4) is 0 Å². The van der Waals surface area contributed by atoms with E-state index in [4.69, 9.17) is 21.4 Å². The number of benzene rings is 1. The minimum absolute atomic E-state index is 0.157. The van der Waals surface area contributed by atoms with Crippen molar-refractivity contribution in [3.63, 3.8) is 0 Å². The summed E-state index contributed by atoms with van der Waals surface area (Å²) in [4.78, 5) is 23.1. The van der Waals surface area contributed by atoms with E-state index >= 15 is 0 Å². The number of anilines is 1. The van der Waals surface area contributed by atoms with Gasteiger partial charge in [0, 0.05) is 17.3 Å². The Hall–Kier alpha value is -2.93. The number of hydrogen-bond acceptors (Lipinski definition) is 5. The van der Waals surface area contributed by atoms with Gasteiger partial charge in [-0.05, 0) is 48.6 Å². The maximum Gasteiger partial charge on any atom is 0.338 e. The molecule has 116 valence electrons. The lowest BCUT2D eigenvalue weighted by Gasteiger charge is -2.08. The van der Waals surface area contributed by atoms with Gasteiger partial charge in [0.1, 0.15) is 12.4 Å². The number of ether oxygens (including phenoxy) is 1. The molecule has 2 heterocycles. The third kappa shape index (κ3) is 3.64. The maximum atomic E-state index is 11.7. The molecule has 23 heavy (non-hydrogen) atoms. The van der Waals surface area contributed by atoms with Crippen LogP contribution in [0.2, 0.25) is 0 Å². The quantitative estimate of drug-likeness (QED) is 0.512. The van der Waals surface area contributed by atoms with Crippen LogP contribution in [0.15, 0.2) is 47.1 Å². The SMILES string of the molecule is O=C(C=Cc1ccco1)NC(=S)Nc1ccc2c(c1)COC2=O. The van der Waals surface area contributed by atoms with Gasteiger partial charge in [-0.1, -0.05) is 0 Å². The molecule has 0 unspecified atom stereocenters. The minimum Gasteiger partial charge on any atom is -0.465 e. The number of amides is 1. The lowest BCUT2D eigenvalue weighted by atomic mass is 10.1. The number of fused-ring (bicyclic) bond motifs is 1. The fourth-order valence-corrected chi connectivity index (χ4v) is 2.29. The van der Waals surface area contributed by atoms with Crippen LogP contribution in [0, 0.1) is 0 Å². The predicted molar refractivity (Wildman–Crippen MR) is 87.7 cm³/mol. The van der Waals surface area contributed by atoms with E-state index in [1.807, 2.05) is 0 Å². The molecule has 0 fully saturated rings. The lowest BCUT2D eigenvalue weighted by Crippen LogP contribution is -2.32. The van der Waals surface area contributed by atoms with E-state index < -0.39 is 0 Å². The maximum absolute atomic E-state index is 11.7. The Morgan fingerprint density at radius 1 is 1.30 bits per heavy atom. The normalized spacial score (nSPS) is 12.8. The van der Waals surface area contributed by atoms with Gasteiger partial charge in [-0.2, -0.15) is 0 Å². The number of thiocarbonyl (C=S) groups is 1. The monoisotopic (exact) mass is 328 g/mol. The second-order valence-corrected chi connectivity index (χ2v) is 5.15. The summed E-state index contributed by atoms with van der Waals surface area (Å²) in [5, 5.41) is 5.56. The van der Waals surface area contributed by atoms with E-state index in [1.54, 1.807) is 30.3 Å². The lowest BCUT2D eigenvalue weighted by molar-refractivity contribution is -0.115. The zero-order valence-electron chi connectivity index (χ0n) is 11.9. The van der Waals surface area contributed by atoms with Gasteiger partial charge in [0.15, 0.2) is 5.11 Å². The first-order chi connectivity index (χ1) is 11.1. The van der Waals surface area contributed by atoms with Crippen molar-refractivity contribution in [2.45, 2.75) is 6.61 Å². The van der Waals surface area contributed by atoms with Gasteiger partial charge in [-0.3, -0.25) is 10.1 Å². The molecule has 0 saturated heterocycles. The fourth-order valence-electron chi connectivity index (χ4n) is 2.07. The average Bonchev–Trinajstić information content (AvgIpc) is 3.15. The van der Waals surface area contributed by atoms with Gasteiger partial charge in [-0.25, -0.2) is 4.79 Å². The van der Waals surface area contributed by atoms with Crippen molar-refractivity contribution in [3.05, 3.63) is 59.6 Å². The number of carbonyl (C=O) groups excluding carboxylic acids is 2. The average molecular weight is 328 g/mol. The van der Waals surface area contributed by atoms with Crippen molar-refractivity contribution in [1.29, 1.82) is 0 Å². The van der Waals surface area contributed by atoms with Crippen LogP contribution in [-0.2, 0) is 16.1 Å². The molecule has 7 heteroatoms. The smallest absolute Gasteiger partial charge is 0.338 e. The van der Waals surface area contributed by atoms with Crippen LogP contribution in [-0.4, -0.2) is 17.0 Å². The number of nitrogens with one attached hydrogen (secondary N) is 2. The number of furan rings is 1. The summed E-state index contributed by atoms with van der Waals surface area (Å²) >= 11 is 5.08. The highest BCUT2D eigenvalue weighted by molar-refractivity contribution is 7.80. The van der Waals surface area contributed by atoms with Crippen LogP contribution < -0.4 is 10.6 Å². The van der Waals surface area contributed by atoms with Crippen LogP contribution in [0.25, 0.3) is 6.08 Å². The second-order valence-electron chi connectivity index (χ2n) is 4.74. The predicted octanol–water partition coefficient (Wildman–Crippen LogP) is 2.48. The Morgan fingerprint density at radius 3 is 2.96 bits per heavy atom. The molecule has 0 atom stereocenters. The van der Waals surface area contributed by atoms with Gasteiger partial charge in [0.25, 0.3) is 0 Å². The molecule has 1 aliphatic heterocycles. The van der Waals surface area contributed by atoms with Crippen LogP contribution in [0.3, 0.4) is 0 Å². The van der Waals surface area contributed by atoms with Gasteiger partial charge < -0.3 is 14.5 Å². The number of rotatable bonds is 3. The third-order valence-electron chi connectivity index (χ3n) is 3.12. The number of esters is 1. The first-order valence-corrected chi connectivity index (χ1v) is 7.16. The molecule has 3 rings (SSSR count). The van der Waals surface area contributed by atoms with Crippen LogP contribution in [0.4, 0.5) is 5.69 Å².